The molecule has 0 amide bonds. The third kappa shape index (κ3) is 5.84. The number of benzene rings is 4. The molecule has 0 unspecified atom stereocenters. The molecule has 4 aromatic carbocycles. The maximum absolute atomic E-state index is 13.8. The van der Waals surface area contributed by atoms with Crippen molar-refractivity contribution in [3.8, 4) is 34.3 Å². The summed E-state index contributed by atoms with van der Waals surface area (Å²) in [5.74, 6) is 1.36. The minimum Gasteiger partial charge on any atom is -0.497 e. The molecule has 0 aliphatic heterocycles. The first-order chi connectivity index (χ1) is 20.0. The lowest BCUT2D eigenvalue weighted by Gasteiger charge is -2.09. The van der Waals surface area contributed by atoms with Gasteiger partial charge < -0.3 is 23.4 Å². The molecule has 5 aromatic rings. The van der Waals surface area contributed by atoms with E-state index in [-0.39, 0.29) is 17.1 Å². The van der Waals surface area contributed by atoms with Crippen LogP contribution in [-0.4, -0.2) is 32.6 Å². The maximum Gasteiger partial charge on any atom is 0.348 e. The number of carbonyl (C=O) groups is 2. The molecule has 0 aliphatic carbocycles. The van der Waals surface area contributed by atoms with E-state index in [1.807, 2.05) is 37.3 Å². The van der Waals surface area contributed by atoms with Gasteiger partial charge in [-0.3, -0.25) is 4.79 Å². The van der Waals surface area contributed by atoms with E-state index in [1.165, 1.54) is 20.3 Å². The fourth-order valence-corrected chi connectivity index (χ4v) is 4.45. The van der Waals surface area contributed by atoms with Crippen molar-refractivity contribution < 1.29 is 33.0 Å². The molecule has 0 spiro atoms. The Balaban J connectivity index is 1.50. The molecule has 0 bridgehead atoms. The van der Waals surface area contributed by atoms with Gasteiger partial charge in [0, 0.05) is 16.5 Å². The van der Waals surface area contributed by atoms with Crippen LogP contribution in [0.25, 0.3) is 28.4 Å². The summed E-state index contributed by atoms with van der Waals surface area (Å²) in [6.07, 6.45) is 3.00. The van der Waals surface area contributed by atoms with E-state index in [9.17, 15) is 9.59 Å². The first-order valence-electron chi connectivity index (χ1n) is 13.0. The van der Waals surface area contributed by atoms with E-state index < -0.39 is 5.97 Å². The Kier molecular flexibility index (Phi) is 8.15. The monoisotopic (exact) mass is 548 g/mol. The topological polar surface area (TPSA) is 84.2 Å². The fourth-order valence-electron chi connectivity index (χ4n) is 4.45. The molecule has 0 aliphatic rings. The van der Waals surface area contributed by atoms with Crippen LogP contribution in [0.1, 0.15) is 33.2 Å². The number of ketones is 1. The Labute approximate surface area is 237 Å². The number of fused-ring (bicyclic) bond motifs is 1. The van der Waals surface area contributed by atoms with E-state index in [1.54, 1.807) is 66.7 Å². The first-order valence-corrected chi connectivity index (χ1v) is 13.0. The van der Waals surface area contributed by atoms with Gasteiger partial charge in [-0.15, -0.1) is 0 Å². The predicted molar refractivity (Wildman–Crippen MR) is 157 cm³/mol. The number of ether oxygens (including phenoxy) is 4. The molecule has 41 heavy (non-hydrogen) atoms. The highest BCUT2D eigenvalue weighted by molar-refractivity contribution is 6.11. The highest BCUT2D eigenvalue weighted by Crippen LogP contribution is 2.37. The standard InChI is InChI=1S/C34H28O7/c1-4-39-25-16-19-31-27(21-25)32(33(40-31)23-11-6-5-7-12-23)34(36)41-29-13-9-8-10-22(29)14-17-28(35)26-20-24(37-2)15-18-30(26)38-3/h5-21H,4H2,1-3H3. The van der Waals surface area contributed by atoms with Gasteiger partial charge in [0.05, 0.1) is 26.4 Å². The molecule has 7 nitrogen and oxygen atoms in total. The Morgan fingerprint density at radius 1 is 0.805 bits per heavy atom. The summed E-state index contributed by atoms with van der Waals surface area (Å²) in [5, 5.41) is 0.577. The van der Waals surface area contributed by atoms with Crippen molar-refractivity contribution in [3.63, 3.8) is 0 Å². The molecule has 206 valence electrons. The predicted octanol–water partition coefficient (Wildman–Crippen LogP) is 7.63. The van der Waals surface area contributed by atoms with E-state index >= 15 is 0 Å². The first kappa shape index (κ1) is 27.3. The van der Waals surface area contributed by atoms with Crippen molar-refractivity contribution in [1.29, 1.82) is 0 Å². The molecular formula is C34H28O7. The van der Waals surface area contributed by atoms with Gasteiger partial charge >= 0.3 is 5.97 Å². The zero-order valence-electron chi connectivity index (χ0n) is 22.9. The molecule has 0 saturated carbocycles. The van der Waals surface area contributed by atoms with Crippen LogP contribution in [-0.2, 0) is 0 Å². The van der Waals surface area contributed by atoms with Crippen molar-refractivity contribution in [2.45, 2.75) is 6.92 Å². The summed E-state index contributed by atoms with van der Waals surface area (Å²) in [4.78, 5) is 26.8. The normalized spacial score (nSPS) is 11.0. The Morgan fingerprint density at radius 2 is 1.56 bits per heavy atom. The molecule has 0 saturated heterocycles. The van der Waals surface area contributed by atoms with Crippen LogP contribution >= 0.6 is 0 Å². The van der Waals surface area contributed by atoms with Crippen LogP contribution in [0, 0.1) is 0 Å². The second kappa shape index (κ2) is 12.3. The van der Waals surface area contributed by atoms with E-state index in [4.69, 9.17) is 23.4 Å². The number of esters is 1. The smallest absolute Gasteiger partial charge is 0.348 e. The third-order valence-electron chi connectivity index (χ3n) is 6.42. The molecule has 7 heteroatoms. The summed E-state index contributed by atoms with van der Waals surface area (Å²) >= 11 is 0. The van der Waals surface area contributed by atoms with Crippen LogP contribution in [0.4, 0.5) is 0 Å². The molecule has 1 aromatic heterocycles. The summed E-state index contributed by atoms with van der Waals surface area (Å²) in [6.45, 7) is 2.37. The number of furan rings is 1. The number of carbonyl (C=O) groups excluding carboxylic acids is 2. The molecule has 0 fully saturated rings. The molecule has 5 rings (SSSR count). The average Bonchev–Trinajstić information content (AvgIpc) is 3.40. The number of para-hydroxylation sites is 1. The lowest BCUT2D eigenvalue weighted by Crippen LogP contribution is -2.10. The van der Waals surface area contributed by atoms with Crippen LogP contribution in [0.3, 0.4) is 0 Å². The van der Waals surface area contributed by atoms with Gasteiger partial charge in [0.2, 0.25) is 0 Å². The third-order valence-corrected chi connectivity index (χ3v) is 6.42. The van der Waals surface area contributed by atoms with E-state index in [0.717, 1.165) is 5.56 Å². The average molecular weight is 549 g/mol. The van der Waals surface area contributed by atoms with Gasteiger partial charge in [0.25, 0.3) is 0 Å². The van der Waals surface area contributed by atoms with Crippen molar-refractivity contribution >= 4 is 28.8 Å². The SMILES string of the molecule is CCOc1ccc2oc(-c3ccccc3)c(C(=O)Oc3ccccc3C=CC(=O)c3cc(OC)ccc3OC)c2c1. The molecular weight excluding hydrogens is 520 g/mol. The highest BCUT2D eigenvalue weighted by atomic mass is 16.5. The number of rotatable bonds is 10. The molecule has 0 N–H and O–H groups in total. The van der Waals surface area contributed by atoms with Gasteiger partial charge in [0.15, 0.2) is 5.78 Å². The Hall–Kier alpha value is -5.30. The Bertz CT molecular complexity index is 1730. The lowest BCUT2D eigenvalue weighted by molar-refractivity contribution is 0.0736. The van der Waals surface area contributed by atoms with Crippen molar-refractivity contribution in [2.75, 3.05) is 20.8 Å². The summed E-state index contributed by atoms with van der Waals surface area (Å²) in [7, 11) is 3.03. The van der Waals surface area contributed by atoms with Crippen LogP contribution in [0.2, 0.25) is 0 Å². The van der Waals surface area contributed by atoms with Crippen LogP contribution < -0.4 is 18.9 Å². The summed E-state index contributed by atoms with van der Waals surface area (Å²) in [5.41, 5.74) is 2.44. The van der Waals surface area contributed by atoms with Crippen molar-refractivity contribution in [2.24, 2.45) is 0 Å². The minimum atomic E-state index is -0.599. The second-order valence-electron chi connectivity index (χ2n) is 8.95. The lowest BCUT2D eigenvalue weighted by atomic mass is 10.1. The molecule has 0 radical (unpaired) electrons. The zero-order valence-corrected chi connectivity index (χ0v) is 22.9. The zero-order chi connectivity index (χ0) is 28.8. The van der Waals surface area contributed by atoms with E-state index in [2.05, 4.69) is 0 Å². The van der Waals surface area contributed by atoms with Gasteiger partial charge in [-0.1, -0.05) is 48.5 Å². The van der Waals surface area contributed by atoms with Gasteiger partial charge in [-0.2, -0.15) is 0 Å². The Morgan fingerprint density at radius 3 is 2.32 bits per heavy atom. The number of methoxy groups -OCH3 is 2. The maximum atomic E-state index is 13.8. The van der Waals surface area contributed by atoms with Crippen molar-refractivity contribution in [3.05, 3.63) is 114 Å². The number of allylic oxidation sites excluding steroid dienone is 1. The fraction of sp³-hybridized carbons (Fsp3) is 0.118. The molecule has 1 heterocycles. The van der Waals surface area contributed by atoms with E-state index in [0.29, 0.717) is 51.7 Å². The van der Waals surface area contributed by atoms with Gasteiger partial charge in [-0.25, -0.2) is 4.79 Å². The van der Waals surface area contributed by atoms with Crippen molar-refractivity contribution in [1.82, 2.24) is 0 Å². The molecule has 0 atom stereocenters. The van der Waals surface area contributed by atoms with Gasteiger partial charge in [-0.05, 0) is 61.5 Å². The number of hydrogen-bond acceptors (Lipinski definition) is 7. The highest BCUT2D eigenvalue weighted by Gasteiger charge is 2.25. The summed E-state index contributed by atoms with van der Waals surface area (Å²) in [6, 6.07) is 26.7. The summed E-state index contributed by atoms with van der Waals surface area (Å²) < 4.78 is 28.3. The minimum absolute atomic E-state index is 0.281. The quantitative estimate of drug-likeness (QED) is 0.0768. The largest absolute Gasteiger partial charge is 0.497 e. The number of hydrogen-bond donors (Lipinski definition) is 0. The van der Waals surface area contributed by atoms with Crippen LogP contribution in [0.15, 0.2) is 101 Å². The van der Waals surface area contributed by atoms with Crippen LogP contribution in [0.5, 0.6) is 23.0 Å². The second-order valence-corrected chi connectivity index (χ2v) is 8.95. The van der Waals surface area contributed by atoms with Gasteiger partial charge in [0.1, 0.15) is 39.9 Å².